The zero-order valence-corrected chi connectivity index (χ0v) is 12.8. The lowest BCUT2D eigenvalue weighted by Gasteiger charge is -2.52. The molecule has 0 aromatic heterocycles. The van der Waals surface area contributed by atoms with E-state index in [2.05, 4.69) is 10.0 Å². The van der Waals surface area contributed by atoms with Crippen LogP contribution >= 0.6 is 0 Å². The Hall–Kier alpha value is -1.15. The van der Waals surface area contributed by atoms with Crippen LogP contribution in [0, 0.1) is 5.92 Å². The van der Waals surface area contributed by atoms with E-state index in [1.807, 2.05) is 0 Å². The molecule has 1 aliphatic heterocycles. The SMILES string of the molecule is CNS(=O)(=O)c1ccc(NC2C(N)C3CCCOC32)cc1. The van der Waals surface area contributed by atoms with Crippen LogP contribution in [-0.4, -0.2) is 40.3 Å². The van der Waals surface area contributed by atoms with Gasteiger partial charge >= 0.3 is 0 Å². The van der Waals surface area contributed by atoms with Gasteiger partial charge in [-0.05, 0) is 44.2 Å². The van der Waals surface area contributed by atoms with Crippen LogP contribution in [0.4, 0.5) is 5.69 Å². The lowest BCUT2D eigenvalue weighted by molar-refractivity contribution is -0.104. The van der Waals surface area contributed by atoms with Gasteiger partial charge in [-0.15, -0.1) is 0 Å². The minimum absolute atomic E-state index is 0.0935. The summed E-state index contributed by atoms with van der Waals surface area (Å²) in [6.07, 6.45) is 2.39. The van der Waals surface area contributed by atoms with Gasteiger partial charge < -0.3 is 15.8 Å². The van der Waals surface area contributed by atoms with Gasteiger partial charge in [-0.2, -0.15) is 0 Å². The summed E-state index contributed by atoms with van der Waals surface area (Å²) in [6, 6.07) is 6.87. The Morgan fingerprint density at radius 1 is 1.29 bits per heavy atom. The molecule has 1 aromatic carbocycles. The van der Waals surface area contributed by atoms with Crippen LogP contribution in [-0.2, 0) is 14.8 Å². The van der Waals surface area contributed by atoms with Crippen LogP contribution in [0.15, 0.2) is 29.2 Å². The van der Waals surface area contributed by atoms with Crippen molar-refractivity contribution < 1.29 is 13.2 Å². The number of fused-ring (bicyclic) bond motifs is 1. The molecule has 1 saturated carbocycles. The molecule has 0 amide bonds. The van der Waals surface area contributed by atoms with Gasteiger partial charge in [-0.25, -0.2) is 13.1 Å². The van der Waals surface area contributed by atoms with Crippen molar-refractivity contribution in [3.05, 3.63) is 24.3 Å². The average Bonchev–Trinajstić information content (AvgIpc) is 2.52. The van der Waals surface area contributed by atoms with Crippen LogP contribution in [0.5, 0.6) is 0 Å². The summed E-state index contributed by atoms with van der Waals surface area (Å²) in [5.74, 6) is 0.445. The standard InChI is InChI=1S/C14H21N3O3S/c1-16-21(18,19)10-6-4-9(5-7-10)17-13-12(15)11-3-2-8-20-14(11)13/h4-7,11-14,16-17H,2-3,8,15H2,1H3. The molecule has 21 heavy (non-hydrogen) atoms. The number of hydrogen-bond donors (Lipinski definition) is 3. The molecule has 3 rings (SSSR count). The topological polar surface area (TPSA) is 93.5 Å². The van der Waals surface area contributed by atoms with E-state index >= 15 is 0 Å². The highest BCUT2D eigenvalue weighted by molar-refractivity contribution is 7.89. The summed E-state index contributed by atoms with van der Waals surface area (Å²) < 4.78 is 31.4. The van der Waals surface area contributed by atoms with E-state index in [0.29, 0.717) is 5.92 Å². The molecule has 1 aliphatic carbocycles. The summed E-state index contributed by atoms with van der Waals surface area (Å²) in [7, 11) is -1.99. The van der Waals surface area contributed by atoms with Crippen molar-refractivity contribution in [2.75, 3.05) is 19.0 Å². The number of nitrogens with two attached hydrogens (primary N) is 1. The Labute approximate surface area is 125 Å². The van der Waals surface area contributed by atoms with Crippen molar-refractivity contribution in [1.29, 1.82) is 0 Å². The van der Waals surface area contributed by atoms with E-state index in [-0.39, 0.29) is 23.1 Å². The lowest BCUT2D eigenvalue weighted by Crippen LogP contribution is -2.69. The van der Waals surface area contributed by atoms with Gasteiger partial charge in [0.05, 0.1) is 17.0 Å². The summed E-state index contributed by atoms with van der Waals surface area (Å²) in [4.78, 5) is 0.250. The highest BCUT2D eigenvalue weighted by atomic mass is 32.2. The van der Waals surface area contributed by atoms with Crippen LogP contribution in [0.25, 0.3) is 0 Å². The average molecular weight is 311 g/mol. The predicted octanol–water partition coefficient (Wildman–Crippen LogP) is 0.511. The molecular formula is C14H21N3O3S. The Balaban J connectivity index is 1.69. The molecule has 0 bridgehead atoms. The van der Waals surface area contributed by atoms with Gasteiger partial charge in [0.15, 0.2) is 0 Å². The number of hydrogen-bond acceptors (Lipinski definition) is 5. The van der Waals surface area contributed by atoms with Crippen molar-refractivity contribution in [3.8, 4) is 0 Å². The van der Waals surface area contributed by atoms with Gasteiger partial charge in [0.25, 0.3) is 0 Å². The fourth-order valence-electron chi connectivity index (χ4n) is 3.17. The molecule has 7 heteroatoms. The van der Waals surface area contributed by atoms with Crippen molar-refractivity contribution >= 4 is 15.7 Å². The Morgan fingerprint density at radius 3 is 2.67 bits per heavy atom. The van der Waals surface area contributed by atoms with E-state index < -0.39 is 10.0 Å². The molecule has 0 spiro atoms. The predicted molar refractivity (Wildman–Crippen MR) is 80.5 cm³/mol. The quantitative estimate of drug-likeness (QED) is 0.753. The van der Waals surface area contributed by atoms with Gasteiger partial charge in [-0.3, -0.25) is 0 Å². The Kier molecular flexibility index (Phi) is 3.92. The third-order valence-corrected chi connectivity index (χ3v) is 5.87. The summed E-state index contributed by atoms with van der Waals surface area (Å²) in [5.41, 5.74) is 7.06. The smallest absolute Gasteiger partial charge is 0.240 e. The molecule has 4 atom stereocenters. The van der Waals surface area contributed by atoms with Crippen LogP contribution < -0.4 is 15.8 Å². The minimum atomic E-state index is -3.39. The number of benzene rings is 1. The maximum absolute atomic E-state index is 11.7. The van der Waals surface area contributed by atoms with Crippen molar-refractivity contribution in [1.82, 2.24) is 4.72 Å². The second-order valence-electron chi connectivity index (χ2n) is 5.62. The second-order valence-corrected chi connectivity index (χ2v) is 7.51. The van der Waals surface area contributed by atoms with E-state index in [1.165, 1.54) is 7.05 Å². The van der Waals surface area contributed by atoms with Crippen molar-refractivity contribution in [2.24, 2.45) is 11.7 Å². The highest BCUT2D eigenvalue weighted by Crippen LogP contribution is 2.38. The van der Waals surface area contributed by atoms with Crippen molar-refractivity contribution in [2.45, 2.75) is 35.9 Å². The van der Waals surface area contributed by atoms with E-state index in [9.17, 15) is 8.42 Å². The van der Waals surface area contributed by atoms with Crippen LogP contribution in [0.3, 0.4) is 0 Å². The van der Waals surface area contributed by atoms with E-state index in [4.69, 9.17) is 10.5 Å². The lowest BCUT2D eigenvalue weighted by atomic mass is 9.68. The van der Waals surface area contributed by atoms with Gasteiger partial charge in [-0.1, -0.05) is 0 Å². The van der Waals surface area contributed by atoms with E-state index in [0.717, 1.165) is 25.1 Å². The molecule has 1 heterocycles. The maximum atomic E-state index is 11.7. The third-order valence-electron chi connectivity index (χ3n) is 4.44. The number of nitrogens with one attached hydrogen (secondary N) is 2. The normalized spacial score (nSPS) is 32.1. The number of sulfonamides is 1. The summed E-state index contributed by atoms with van der Waals surface area (Å²) in [5, 5.41) is 3.36. The van der Waals surface area contributed by atoms with Crippen LogP contribution in [0.2, 0.25) is 0 Å². The first-order valence-electron chi connectivity index (χ1n) is 7.20. The molecule has 2 aliphatic rings. The fraction of sp³-hybridized carbons (Fsp3) is 0.571. The van der Waals surface area contributed by atoms with Gasteiger partial charge in [0.2, 0.25) is 10.0 Å². The minimum Gasteiger partial charge on any atom is -0.378 e. The second kappa shape index (κ2) is 5.57. The molecule has 2 fully saturated rings. The van der Waals surface area contributed by atoms with E-state index in [1.54, 1.807) is 24.3 Å². The molecule has 116 valence electrons. The van der Waals surface area contributed by atoms with Gasteiger partial charge in [0, 0.05) is 24.3 Å². The molecule has 4 N–H and O–H groups in total. The molecule has 1 aromatic rings. The van der Waals surface area contributed by atoms with Crippen LogP contribution in [0.1, 0.15) is 12.8 Å². The number of anilines is 1. The molecule has 6 nitrogen and oxygen atoms in total. The first-order chi connectivity index (χ1) is 10.0. The number of ether oxygens (including phenoxy) is 1. The first kappa shape index (κ1) is 14.8. The zero-order chi connectivity index (χ0) is 15.0. The monoisotopic (exact) mass is 311 g/mol. The number of rotatable bonds is 4. The molecule has 0 radical (unpaired) electrons. The summed E-state index contributed by atoms with van der Waals surface area (Å²) in [6.45, 7) is 0.797. The molecule has 4 unspecified atom stereocenters. The Bertz CT molecular complexity index is 602. The largest absolute Gasteiger partial charge is 0.378 e. The van der Waals surface area contributed by atoms with Gasteiger partial charge in [0.1, 0.15) is 0 Å². The summed E-state index contributed by atoms with van der Waals surface area (Å²) >= 11 is 0. The maximum Gasteiger partial charge on any atom is 0.240 e. The molecule has 1 saturated heterocycles. The highest BCUT2D eigenvalue weighted by Gasteiger charge is 2.50. The first-order valence-corrected chi connectivity index (χ1v) is 8.68. The fourth-order valence-corrected chi connectivity index (χ4v) is 3.90. The molecular weight excluding hydrogens is 290 g/mol. The van der Waals surface area contributed by atoms with Crippen molar-refractivity contribution in [3.63, 3.8) is 0 Å². The zero-order valence-electron chi connectivity index (χ0n) is 12.0. The Morgan fingerprint density at radius 2 is 2.00 bits per heavy atom. The third kappa shape index (κ3) is 2.66.